The lowest BCUT2D eigenvalue weighted by Crippen LogP contribution is -2.40. The quantitative estimate of drug-likeness (QED) is 0.0479. The summed E-state index contributed by atoms with van der Waals surface area (Å²) in [6.45, 7) is 21.8. The van der Waals surface area contributed by atoms with Gasteiger partial charge in [-0.3, -0.25) is 0 Å². The van der Waals surface area contributed by atoms with E-state index in [1.807, 2.05) is 19.1 Å². The Morgan fingerprint density at radius 3 is 2.38 bits per heavy atom. The molecule has 1 aromatic carbocycles. The van der Waals surface area contributed by atoms with E-state index in [1.54, 1.807) is 12.1 Å². The van der Waals surface area contributed by atoms with Crippen LogP contribution in [0.3, 0.4) is 0 Å². The number of hydrogen-bond acceptors (Lipinski definition) is 5. The molecule has 3 N–H and O–H groups in total. The average Bonchev–Trinajstić information content (AvgIpc) is 2.88. The van der Waals surface area contributed by atoms with E-state index in [1.165, 1.54) is 19.3 Å². The Bertz CT molecular complexity index is 1060. The summed E-state index contributed by atoms with van der Waals surface area (Å²) in [6.07, 6.45) is 8.64. The van der Waals surface area contributed by atoms with Crippen molar-refractivity contribution in [3.8, 4) is 23.3 Å². The normalized spacial score (nSPS) is 14.2. The minimum atomic E-state index is -1.81. The second-order valence-corrected chi connectivity index (χ2v) is 19.1. The van der Waals surface area contributed by atoms with Crippen LogP contribution in [0.4, 0.5) is 0 Å². The van der Waals surface area contributed by atoms with E-state index >= 15 is 0 Å². The summed E-state index contributed by atoms with van der Waals surface area (Å²) in [5.41, 5.74) is 2.05. The number of phenols is 1. The molecule has 0 aliphatic heterocycles. The topological polar surface area (TPSA) is 79.2 Å². The molecule has 2 unspecified atom stereocenters. The van der Waals surface area contributed by atoms with Gasteiger partial charge in [0.05, 0.1) is 24.4 Å². The van der Waals surface area contributed by atoms with Gasteiger partial charge in [0.2, 0.25) is 0 Å². The monoisotopic (exact) mass is 664 g/mol. The zero-order valence-electron chi connectivity index (χ0n) is 27.5. The van der Waals surface area contributed by atoms with Crippen molar-refractivity contribution in [1.29, 1.82) is 0 Å². The van der Waals surface area contributed by atoms with Gasteiger partial charge >= 0.3 is 0 Å². The summed E-state index contributed by atoms with van der Waals surface area (Å²) < 4.78 is 12.0. The minimum Gasteiger partial charge on any atom is -0.507 e. The van der Waals surface area contributed by atoms with Crippen LogP contribution in [0.25, 0.3) is 0 Å². The second-order valence-electron chi connectivity index (χ2n) is 13.5. The molecule has 0 aliphatic carbocycles. The van der Waals surface area contributed by atoms with E-state index < -0.39 is 20.5 Å². The third kappa shape index (κ3) is 13.4. The molecule has 0 saturated carbocycles. The van der Waals surface area contributed by atoms with Crippen molar-refractivity contribution < 1.29 is 24.5 Å². The Labute approximate surface area is 266 Å². The molecule has 0 amide bonds. The molecule has 0 aliphatic rings. The first-order valence-electron chi connectivity index (χ1n) is 15.4. The highest BCUT2D eigenvalue weighted by Crippen LogP contribution is 2.42. The third-order valence-corrected chi connectivity index (χ3v) is 13.4. The third-order valence-electron chi connectivity index (χ3n) is 8.32. The Kier molecular flexibility index (Phi) is 16.8. The lowest BCUT2D eigenvalue weighted by Gasteiger charge is -2.35. The molecule has 1 rings (SSSR count). The summed E-state index contributed by atoms with van der Waals surface area (Å²) in [5.74, 6) is 6.67. The van der Waals surface area contributed by atoms with Crippen LogP contribution < -0.4 is 4.74 Å². The predicted octanol–water partition coefficient (Wildman–Crippen LogP) is 9.12. The van der Waals surface area contributed by atoms with Crippen molar-refractivity contribution in [1.82, 2.24) is 0 Å². The minimum absolute atomic E-state index is 0.00967. The first-order valence-corrected chi connectivity index (χ1v) is 19.4. The molecule has 7 heteroatoms. The van der Waals surface area contributed by atoms with E-state index in [4.69, 9.17) is 9.16 Å². The molecular formula is C35H57BrO5Si. The number of phenolic OH excluding ortho intramolecular Hbond substituents is 1. The fourth-order valence-electron chi connectivity index (χ4n) is 4.41. The number of rotatable bonds is 18. The smallest absolute Gasteiger partial charge is 0.193 e. The van der Waals surface area contributed by atoms with Crippen molar-refractivity contribution >= 4 is 24.2 Å². The molecule has 238 valence electrons. The van der Waals surface area contributed by atoms with Crippen LogP contribution in [-0.2, 0) is 9.84 Å². The molecule has 0 heterocycles. The largest absolute Gasteiger partial charge is 0.507 e. The van der Waals surface area contributed by atoms with Gasteiger partial charge in [0.15, 0.2) is 8.32 Å². The number of benzene rings is 1. The first-order chi connectivity index (χ1) is 19.6. The molecule has 0 spiro atoms. The SMILES string of the molecule is C=CCOc1cc(C(C)(C)CCCCCCBr)cc(O)c1C(O)CC(O)CC/C=C(\C)C#CCO[Si](C)(C)C(C)(C)C. The van der Waals surface area contributed by atoms with Crippen LogP contribution in [0.2, 0.25) is 18.1 Å². The molecule has 0 saturated heterocycles. The van der Waals surface area contributed by atoms with E-state index in [-0.39, 0.29) is 29.2 Å². The molecule has 0 bridgehead atoms. The maximum atomic E-state index is 11.1. The standard InChI is InChI=1S/C35H57BrO5Si/c1-10-22-40-32-25-28(35(6,7)20-13-11-12-14-21-36)24-30(38)33(32)31(39)26-29(37)19-15-17-27(2)18-16-23-41-42(8,9)34(3,4)5/h10,17,24-25,29,31,37-39H,1,11-15,19-23,26H2,2-9H3/b27-17+. The number of aliphatic hydroxyl groups excluding tert-OH is 2. The van der Waals surface area contributed by atoms with Crippen molar-refractivity contribution in [2.45, 2.75) is 129 Å². The molecule has 5 nitrogen and oxygen atoms in total. The number of aromatic hydroxyl groups is 1. The van der Waals surface area contributed by atoms with Crippen LogP contribution in [0.15, 0.2) is 36.4 Å². The summed E-state index contributed by atoms with van der Waals surface area (Å²) in [4.78, 5) is 0. The van der Waals surface area contributed by atoms with Crippen molar-refractivity contribution in [2.24, 2.45) is 0 Å². The van der Waals surface area contributed by atoms with E-state index in [0.717, 1.165) is 29.3 Å². The number of alkyl halides is 1. The van der Waals surface area contributed by atoms with E-state index in [9.17, 15) is 15.3 Å². The molecule has 0 aromatic heterocycles. The summed E-state index contributed by atoms with van der Waals surface area (Å²) in [5, 5.41) is 34.0. The van der Waals surface area contributed by atoms with Crippen LogP contribution in [0.1, 0.15) is 110 Å². The second kappa shape index (κ2) is 18.3. The number of halogens is 1. The Morgan fingerprint density at radius 2 is 1.76 bits per heavy atom. The molecule has 0 radical (unpaired) electrons. The molecule has 2 atom stereocenters. The Morgan fingerprint density at radius 1 is 1.10 bits per heavy atom. The molecule has 0 fully saturated rings. The number of unbranched alkanes of at least 4 members (excludes halogenated alkanes) is 3. The Balaban J connectivity index is 2.84. The van der Waals surface area contributed by atoms with Gasteiger partial charge < -0.3 is 24.5 Å². The van der Waals surface area contributed by atoms with Crippen LogP contribution >= 0.6 is 15.9 Å². The van der Waals surface area contributed by atoms with Crippen LogP contribution in [0, 0.1) is 11.8 Å². The lowest BCUT2D eigenvalue weighted by molar-refractivity contribution is 0.0731. The van der Waals surface area contributed by atoms with Crippen molar-refractivity contribution in [2.75, 3.05) is 18.5 Å². The average molecular weight is 666 g/mol. The van der Waals surface area contributed by atoms with Gasteiger partial charge in [0.25, 0.3) is 0 Å². The summed E-state index contributed by atoms with van der Waals surface area (Å²) >= 11 is 3.49. The van der Waals surface area contributed by atoms with Crippen LogP contribution in [0.5, 0.6) is 11.5 Å². The maximum Gasteiger partial charge on any atom is 0.193 e. The van der Waals surface area contributed by atoms with Gasteiger partial charge in [0, 0.05) is 11.8 Å². The summed E-state index contributed by atoms with van der Waals surface area (Å²) in [7, 11) is -1.81. The van der Waals surface area contributed by atoms with Crippen molar-refractivity contribution in [3.05, 3.63) is 47.6 Å². The molecule has 42 heavy (non-hydrogen) atoms. The summed E-state index contributed by atoms with van der Waals surface area (Å²) in [6, 6.07) is 3.66. The van der Waals surface area contributed by atoms with Gasteiger partial charge in [-0.05, 0) is 79.4 Å². The fourth-order valence-corrected chi connectivity index (χ4v) is 5.67. The lowest BCUT2D eigenvalue weighted by atomic mass is 9.79. The molecule has 1 aromatic rings. The van der Waals surface area contributed by atoms with E-state index in [0.29, 0.717) is 30.8 Å². The predicted molar refractivity (Wildman–Crippen MR) is 183 cm³/mol. The van der Waals surface area contributed by atoms with Gasteiger partial charge in [-0.25, -0.2) is 0 Å². The highest BCUT2D eigenvalue weighted by atomic mass is 79.9. The highest BCUT2D eigenvalue weighted by Gasteiger charge is 2.36. The molecular weight excluding hydrogens is 608 g/mol. The maximum absolute atomic E-state index is 11.1. The van der Waals surface area contributed by atoms with Crippen LogP contribution in [-0.4, -0.2) is 48.3 Å². The fraction of sp³-hybridized carbons (Fsp3) is 0.657. The first kappa shape index (κ1) is 38.5. The number of ether oxygens (including phenoxy) is 1. The van der Waals surface area contributed by atoms with Gasteiger partial charge in [0.1, 0.15) is 18.1 Å². The Hall–Kier alpha value is -1.56. The van der Waals surface area contributed by atoms with Gasteiger partial charge in [-0.2, -0.15) is 0 Å². The zero-order chi connectivity index (χ0) is 32.0. The number of aliphatic hydroxyl groups is 2. The highest BCUT2D eigenvalue weighted by molar-refractivity contribution is 9.09. The zero-order valence-corrected chi connectivity index (χ0v) is 30.1. The number of hydrogen-bond donors (Lipinski definition) is 3. The van der Waals surface area contributed by atoms with Crippen molar-refractivity contribution in [3.63, 3.8) is 0 Å². The van der Waals surface area contributed by atoms with E-state index in [2.05, 4.69) is 82.1 Å². The number of allylic oxidation sites excluding steroid dienone is 2. The van der Waals surface area contributed by atoms with Gasteiger partial charge in [-0.1, -0.05) is 100 Å². The van der Waals surface area contributed by atoms with Gasteiger partial charge in [-0.15, -0.1) is 0 Å².